The Kier molecular flexibility index (Phi) is 4.82. The molecule has 0 amide bonds. The van der Waals surface area contributed by atoms with Gasteiger partial charge in [0.15, 0.2) is 0 Å². The summed E-state index contributed by atoms with van der Waals surface area (Å²) in [6.07, 6.45) is 0. The molecule has 0 spiro atoms. The van der Waals surface area contributed by atoms with Crippen LogP contribution in [0.3, 0.4) is 0 Å². The van der Waals surface area contributed by atoms with E-state index >= 15 is 0 Å². The first-order valence-corrected chi connectivity index (χ1v) is 6.65. The van der Waals surface area contributed by atoms with Crippen LogP contribution < -0.4 is 5.73 Å². The Morgan fingerprint density at radius 3 is 2.72 bits per heavy atom. The number of carbonyl (C=O) groups is 1. The van der Waals surface area contributed by atoms with E-state index in [1.54, 1.807) is 0 Å². The lowest BCUT2D eigenvalue weighted by molar-refractivity contribution is 0.0711. The average Bonchev–Trinajstić information content (AvgIpc) is 2.29. The first-order chi connectivity index (χ1) is 8.35. The number of hydrogen-bond donors (Lipinski definition) is 3. The molecule has 0 bridgehead atoms. The van der Waals surface area contributed by atoms with Gasteiger partial charge in [-0.25, -0.2) is 8.98 Å². The molecule has 0 aliphatic rings. The van der Waals surface area contributed by atoms with E-state index in [9.17, 15) is 18.3 Å². The van der Waals surface area contributed by atoms with Crippen molar-refractivity contribution in [1.29, 1.82) is 0 Å². The van der Waals surface area contributed by atoms with Crippen LogP contribution in [-0.2, 0) is 18.8 Å². The molecule has 3 N–H and O–H groups in total. The molecule has 9 heteroatoms. The minimum absolute atomic E-state index is 0.139. The normalized spacial score (nSPS) is 11.2. The van der Waals surface area contributed by atoms with Crippen molar-refractivity contribution in [3.8, 4) is 5.75 Å². The number of nitrogen functional groups attached to an aromatic ring is 1. The highest BCUT2D eigenvalue weighted by molar-refractivity contribution is 7.82. The van der Waals surface area contributed by atoms with Crippen molar-refractivity contribution in [2.45, 2.75) is 0 Å². The van der Waals surface area contributed by atoms with Gasteiger partial charge in [0, 0.05) is 11.4 Å². The third kappa shape index (κ3) is 4.09. The number of phenolic OH excluding ortho intramolecular Hbond substituents is 1. The maximum atomic E-state index is 11.5. The number of carbonyl (C=O) groups excluding carboxylic acids is 1. The highest BCUT2D eigenvalue weighted by atomic mass is 32.3. The highest BCUT2D eigenvalue weighted by Crippen LogP contribution is 2.21. The van der Waals surface area contributed by atoms with Gasteiger partial charge in [-0.1, -0.05) is 0 Å². The Morgan fingerprint density at radius 1 is 1.44 bits per heavy atom. The Labute approximate surface area is 109 Å². The van der Waals surface area contributed by atoms with Crippen LogP contribution in [0.15, 0.2) is 18.2 Å². The number of thiol groups is 1. The lowest BCUT2D eigenvalue weighted by Gasteiger charge is -2.06. The molecular formula is C9H11NO6S2. The van der Waals surface area contributed by atoms with Crippen LogP contribution >= 0.6 is 12.6 Å². The fourth-order valence-electron chi connectivity index (χ4n) is 1.02. The van der Waals surface area contributed by atoms with E-state index in [4.69, 9.17) is 5.73 Å². The molecule has 0 fully saturated rings. The SMILES string of the molecule is Nc1ccc(O)c(C(=O)OS(=O)(=O)OCCS)c1. The van der Waals surface area contributed by atoms with Gasteiger partial charge in [0.2, 0.25) is 0 Å². The maximum Gasteiger partial charge on any atom is 0.451 e. The molecule has 1 aromatic rings. The van der Waals surface area contributed by atoms with Gasteiger partial charge in [-0.3, -0.25) is 0 Å². The maximum absolute atomic E-state index is 11.5. The molecule has 1 aromatic carbocycles. The van der Waals surface area contributed by atoms with Crippen molar-refractivity contribution in [2.75, 3.05) is 18.1 Å². The van der Waals surface area contributed by atoms with Gasteiger partial charge in [0.25, 0.3) is 0 Å². The number of nitrogens with two attached hydrogens (primary N) is 1. The van der Waals surface area contributed by atoms with E-state index in [1.165, 1.54) is 6.07 Å². The monoisotopic (exact) mass is 293 g/mol. The molecule has 100 valence electrons. The van der Waals surface area contributed by atoms with E-state index in [2.05, 4.69) is 21.0 Å². The third-order valence-corrected chi connectivity index (χ3v) is 2.73. The van der Waals surface area contributed by atoms with Crippen molar-refractivity contribution in [3.63, 3.8) is 0 Å². The zero-order valence-electron chi connectivity index (χ0n) is 9.07. The molecule has 0 saturated carbocycles. The number of benzene rings is 1. The van der Waals surface area contributed by atoms with Crippen molar-refractivity contribution in [1.82, 2.24) is 0 Å². The first kappa shape index (κ1) is 14.6. The molecule has 0 aliphatic heterocycles. The molecule has 0 radical (unpaired) electrons. The van der Waals surface area contributed by atoms with Crippen LogP contribution in [0.5, 0.6) is 5.75 Å². The predicted octanol–water partition coefficient (Wildman–Crippen LogP) is 0.322. The molecule has 0 aliphatic carbocycles. The van der Waals surface area contributed by atoms with Gasteiger partial charge >= 0.3 is 16.4 Å². The van der Waals surface area contributed by atoms with Gasteiger partial charge in [0.1, 0.15) is 11.3 Å². The van der Waals surface area contributed by atoms with Gasteiger partial charge in [-0.2, -0.15) is 21.0 Å². The van der Waals surface area contributed by atoms with Gasteiger partial charge in [-0.05, 0) is 18.2 Å². The second-order valence-corrected chi connectivity index (χ2v) is 4.77. The summed E-state index contributed by atoms with van der Waals surface area (Å²) in [5.41, 5.74) is 5.21. The number of rotatable bonds is 5. The summed E-state index contributed by atoms with van der Waals surface area (Å²) in [6.45, 7) is -0.234. The quantitative estimate of drug-likeness (QED) is 0.407. The summed E-state index contributed by atoms with van der Waals surface area (Å²) in [7, 11) is -4.47. The Balaban J connectivity index is 2.86. The Morgan fingerprint density at radius 2 is 2.11 bits per heavy atom. The largest absolute Gasteiger partial charge is 0.507 e. The van der Waals surface area contributed by atoms with Crippen molar-refractivity contribution in [3.05, 3.63) is 23.8 Å². The second kappa shape index (κ2) is 5.94. The van der Waals surface area contributed by atoms with Gasteiger partial charge in [0.05, 0.1) is 6.61 Å². The summed E-state index contributed by atoms with van der Waals surface area (Å²) >= 11 is 3.74. The average molecular weight is 293 g/mol. The van der Waals surface area contributed by atoms with E-state index in [0.717, 1.165) is 12.1 Å². The summed E-state index contributed by atoms with van der Waals surface area (Å²) in [4.78, 5) is 11.5. The minimum atomic E-state index is -4.47. The Hall–Kier alpha value is -1.45. The highest BCUT2D eigenvalue weighted by Gasteiger charge is 2.22. The number of aromatic hydroxyl groups is 1. The summed E-state index contributed by atoms with van der Waals surface area (Å²) in [5.74, 6) is -1.59. The number of anilines is 1. The molecule has 18 heavy (non-hydrogen) atoms. The van der Waals surface area contributed by atoms with Crippen molar-refractivity contribution < 1.29 is 26.7 Å². The van der Waals surface area contributed by atoms with Crippen LogP contribution in [0.4, 0.5) is 5.69 Å². The summed E-state index contributed by atoms with van der Waals surface area (Å²) in [6, 6.07) is 3.58. The van der Waals surface area contributed by atoms with Crippen LogP contribution in [-0.4, -0.2) is 31.9 Å². The summed E-state index contributed by atoms with van der Waals surface area (Å²) < 4.78 is 30.7. The standard InChI is InChI=1S/C9H11NO6S2/c10-6-1-2-8(11)7(5-6)9(12)16-18(13,14)15-3-4-17/h1-2,5,11,17H,3-4,10H2. The topological polar surface area (TPSA) is 116 Å². The van der Waals surface area contributed by atoms with E-state index < -0.39 is 22.1 Å². The van der Waals surface area contributed by atoms with Crippen LogP contribution in [0.25, 0.3) is 0 Å². The molecule has 7 nitrogen and oxygen atoms in total. The second-order valence-electron chi connectivity index (χ2n) is 3.10. The lowest BCUT2D eigenvalue weighted by Crippen LogP contribution is -2.17. The zero-order valence-corrected chi connectivity index (χ0v) is 10.8. The van der Waals surface area contributed by atoms with Crippen molar-refractivity contribution >= 4 is 34.7 Å². The van der Waals surface area contributed by atoms with E-state index in [1.807, 2.05) is 0 Å². The third-order valence-electron chi connectivity index (χ3n) is 1.74. The molecule has 0 unspecified atom stereocenters. The zero-order chi connectivity index (χ0) is 13.8. The van der Waals surface area contributed by atoms with Crippen LogP contribution in [0, 0.1) is 0 Å². The fraction of sp³-hybridized carbons (Fsp3) is 0.222. The minimum Gasteiger partial charge on any atom is -0.507 e. The molecule has 0 heterocycles. The molecule has 0 aromatic heterocycles. The smallest absolute Gasteiger partial charge is 0.451 e. The Bertz CT molecular complexity index is 542. The first-order valence-electron chi connectivity index (χ1n) is 4.68. The number of hydrogen-bond acceptors (Lipinski definition) is 8. The molecule has 0 saturated heterocycles. The predicted molar refractivity (Wildman–Crippen MR) is 66.7 cm³/mol. The molecule has 0 atom stereocenters. The van der Waals surface area contributed by atoms with Crippen molar-refractivity contribution in [2.24, 2.45) is 0 Å². The van der Waals surface area contributed by atoms with E-state index in [-0.39, 0.29) is 23.6 Å². The molecular weight excluding hydrogens is 282 g/mol. The fourth-order valence-corrected chi connectivity index (χ4v) is 1.84. The van der Waals surface area contributed by atoms with Crippen LogP contribution in [0.2, 0.25) is 0 Å². The lowest BCUT2D eigenvalue weighted by atomic mass is 10.2. The molecule has 1 rings (SSSR count). The number of phenols is 1. The van der Waals surface area contributed by atoms with Gasteiger partial charge < -0.3 is 15.0 Å². The summed E-state index contributed by atoms with van der Waals surface area (Å²) in [5, 5.41) is 9.37. The van der Waals surface area contributed by atoms with Gasteiger partial charge in [-0.15, -0.1) is 0 Å². The van der Waals surface area contributed by atoms with Crippen LogP contribution in [0.1, 0.15) is 10.4 Å². The van der Waals surface area contributed by atoms with E-state index in [0.29, 0.717) is 0 Å².